The van der Waals surface area contributed by atoms with E-state index in [9.17, 15) is 4.79 Å². The summed E-state index contributed by atoms with van der Waals surface area (Å²) in [6.07, 6.45) is 2.55. The smallest absolute Gasteiger partial charge is 0.227 e. The minimum Gasteiger partial charge on any atom is -0.496 e. The minimum absolute atomic E-state index is 0.102. The molecule has 110 valence electrons. The maximum Gasteiger partial charge on any atom is 0.227 e. The standard InChI is InChI=1S/C15H17N3O3/c1-20-13-5-3-2-4-11(13)8-14(19)18-7-6-12(9-18)15-16-10-21-17-15/h2-5,10,12H,6-9H2,1H3. The lowest BCUT2D eigenvalue weighted by atomic mass is 10.1. The van der Waals surface area contributed by atoms with Gasteiger partial charge in [0, 0.05) is 24.6 Å². The summed E-state index contributed by atoms with van der Waals surface area (Å²) in [5.41, 5.74) is 0.910. The van der Waals surface area contributed by atoms with Crippen LogP contribution < -0.4 is 4.74 Å². The van der Waals surface area contributed by atoms with Gasteiger partial charge in [0.25, 0.3) is 0 Å². The van der Waals surface area contributed by atoms with Crippen LogP contribution in [0, 0.1) is 0 Å². The first-order valence-corrected chi connectivity index (χ1v) is 6.94. The van der Waals surface area contributed by atoms with Gasteiger partial charge in [0.15, 0.2) is 5.82 Å². The van der Waals surface area contributed by atoms with Crippen molar-refractivity contribution in [3.63, 3.8) is 0 Å². The van der Waals surface area contributed by atoms with Gasteiger partial charge in [-0.3, -0.25) is 4.79 Å². The van der Waals surface area contributed by atoms with Crippen molar-refractivity contribution in [1.29, 1.82) is 0 Å². The minimum atomic E-state index is 0.102. The van der Waals surface area contributed by atoms with Crippen molar-refractivity contribution in [2.75, 3.05) is 20.2 Å². The van der Waals surface area contributed by atoms with Crippen LogP contribution in [0.1, 0.15) is 23.7 Å². The molecule has 1 atom stereocenters. The van der Waals surface area contributed by atoms with Crippen LogP contribution in [0.15, 0.2) is 35.2 Å². The van der Waals surface area contributed by atoms with Crippen molar-refractivity contribution in [2.24, 2.45) is 0 Å². The lowest BCUT2D eigenvalue weighted by molar-refractivity contribution is -0.129. The van der Waals surface area contributed by atoms with Gasteiger partial charge in [0.05, 0.1) is 13.5 Å². The molecule has 1 aliphatic heterocycles. The third-order valence-corrected chi connectivity index (χ3v) is 3.82. The predicted molar refractivity (Wildman–Crippen MR) is 74.9 cm³/mol. The Kier molecular flexibility index (Phi) is 3.85. The molecule has 1 fully saturated rings. The summed E-state index contributed by atoms with van der Waals surface area (Å²) in [6, 6.07) is 7.60. The fourth-order valence-electron chi connectivity index (χ4n) is 2.68. The second-order valence-electron chi connectivity index (χ2n) is 5.10. The molecule has 0 spiro atoms. The average molecular weight is 287 g/mol. The topological polar surface area (TPSA) is 68.5 Å². The van der Waals surface area contributed by atoms with E-state index in [2.05, 4.69) is 10.1 Å². The van der Waals surface area contributed by atoms with Gasteiger partial charge in [0.2, 0.25) is 12.3 Å². The second kappa shape index (κ2) is 5.95. The molecule has 1 saturated heterocycles. The first-order valence-electron chi connectivity index (χ1n) is 6.94. The SMILES string of the molecule is COc1ccccc1CC(=O)N1CCC(c2ncon2)C1. The maximum absolute atomic E-state index is 12.4. The molecule has 1 unspecified atom stereocenters. The van der Waals surface area contributed by atoms with E-state index in [0.29, 0.717) is 18.8 Å². The van der Waals surface area contributed by atoms with Crippen LogP contribution in [0.3, 0.4) is 0 Å². The molecule has 0 aliphatic carbocycles. The molecule has 2 heterocycles. The van der Waals surface area contributed by atoms with Gasteiger partial charge >= 0.3 is 0 Å². The Morgan fingerprint density at radius 2 is 2.33 bits per heavy atom. The number of hydrogen-bond donors (Lipinski definition) is 0. The Balaban J connectivity index is 1.64. The Bertz CT molecular complexity index is 612. The van der Waals surface area contributed by atoms with Crippen molar-refractivity contribution >= 4 is 5.91 Å². The Labute approximate surface area is 122 Å². The number of para-hydroxylation sites is 1. The summed E-state index contributed by atoms with van der Waals surface area (Å²) in [5, 5.41) is 3.86. The number of amides is 1. The number of hydrogen-bond acceptors (Lipinski definition) is 5. The molecular formula is C15H17N3O3. The Hall–Kier alpha value is -2.37. The number of ether oxygens (including phenoxy) is 1. The highest BCUT2D eigenvalue weighted by atomic mass is 16.5. The number of nitrogens with zero attached hydrogens (tertiary/aromatic N) is 3. The Morgan fingerprint density at radius 1 is 1.48 bits per heavy atom. The van der Waals surface area contributed by atoms with Crippen molar-refractivity contribution in [2.45, 2.75) is 18.8 Å². The van der Waals surface area contributed by atoms with E-state index in [0.717, 1.165) is 24.3 Å². The van der Waals surface area contributed by atoms with Crippen LogP contribution in [0.2, 0.25) is 0 Å². The normalized spacial score (nSPS) is 18.0. The van der Waals surface area contributed by atoms with Crippen molar-refractivity contribution < 1.29 is 14.1 Å². The molecule has 0 saturated carbocycles. The summed E-state index contributed by atoms with van der Waals surface area (Å²) < 4.78 is 10.1. The van der Waals surface area contributed by atoms with Gasteiger partial charge in [0.1, 0.15) is 5.75 Å². The molecule has 0 N–H and O–H groups in total. The highest BCUT2D eigenvalue weighted by molar-refractivity contribution is 5.79. The van der Waals surface area contributed by atoms with Crippen LogP contribution in [-0.4, -0.2) is 41.1 Å². The summed E-state index contributed by atoms with van der Waals surface area (Å²) in [7, 11) is 1.62. The first kappa shape index (κ1) is 13.6. The molecule has 1 aliphatic rings. The van der Waals surface area contributed by atoms with E-state index in [-0.39, 0.29) is 11.8 Å². The molecule has 0 bridgehead atoms. The van der Waals surface area contributed by atoms with E-state index in [4.69, 9.17) is 9.26 Å². The van der Waals surface area contributed by atoms with E-state index in [1.807, 2.05) is 29.2 Å². The number of methoxy groups -OCH3 is 1. The number of aromatic nitrogens is 2. The fourth-order valence-corrected chi connectivity index (χ4v) is 2.68. The Morgan fingerprint density at radius 3 is 3.10 bits per heavy atom. The van der Waals surface area contributed by atoms with Gasteiger partial charge < -0.3 is 14.2 Å². The number of rotatable bonds is 4. The number of carbonyl (C=O) groups is 1. The summed E-state index contributed by atoms with van der Waals surface area (Å²) in [5.74, 6) is 1.71. The van der Waals surface area contributed by atoms with Crippen LogP contribution >= 0.6 is 0 Å². The molecule has 21 heavy (non-hydrogen) atoms. The van der Waals surface area contributed by atoms with Crippen LogP contribution in [0.25, 0.3) is 0 Å². The highest BCUT2D eigenvalue weighted by Crippen LogP contribution is 2.26. The maximum atomic E-state index is 12.4. The van der Waals surface area contributed by atoms with Crippen LogP contribution in [0.4, 0.5) is 0 Å². The second-order valence-corrected chi connectivity index (χ2v) is 5.10. The zero-order valence-corrected chi connectivity index (χ0v) is 11.9. The monoisotopic (exact) mass is 287 g/mol. The molecule has 6 heteroatoms. The van der Waals surface area contributed by atoms with Gasteiger partial charge in [-0.2, -0.15) is 4.98 Å². The third-order valence-electron chi connectivity index (χ3n) is 3.82. The largest absolute Gasteiger partial charge is 0.496 e. The average Bonchev–Trinajstić information content (AvgIpc) is 3.18. The molecule has 0 radical (unpaired) electrons. The zero-order chi connectivity index (χ0) is 14.7. The van der Waals surface area contributed by atoms with Crippen LogP contribution in [0.5, 0.6) is 5.75 Å². The quantitative estimate of drug-likeness (QED) is 0.855. The van der Waals surface area contributed by atoms with Gasteiger partial charge in [-0.15, -0.1) is 0 Å². The lowest BCUT2D eigenvalue weighted by Crippen LogP contribution is -2.30. The van der Waals surface area contributed by atoms with Gasteiger partial charge in [-0.1, -0.05) is 23.4 Å². The molecule has 3 rings (SSSR count). The van der Waals surface area contributed by atoms with E-state index >= 15 is 0 Å². The highest BCUT2D eigenvalue weighted by Gasteiger charge is 2.30. The van der Waals surface area contributed by atoms with E-state index in [1.54, 1.807) is 7.11 Å². The van der Waals surface area contributed by atoms with E-state index < -0.39 is 0 Å². The van der Waals surface area contributed by atoms with Crippen molar-refractivity contribution in [3.05, 3.63) is 42.0 Å². The summed E-state index contributed by atoms with van der Waals surface area (Å²) in [6.45, 7) is 1.38. The van der Waals surface area contributed by atoms with Gasteiger partial charge in [-0.05, 0) is 12.5 Å². The molecule has 6 nitrogen and oxygen atoms in total. The number of carbonyl (C=O) groups excluding carboxylic acids is 1. The van der Waals surface area contributed by atoms with Crippen molar-refractivity contribution in [1.82, 2.24) is 15.0 Å². The molecule has 2 aromatic rings. The number of likely N-dealkylation sites (tertiary alicyclic amines) is 1. The lowest BCUT2D eigenvalue weighted by Gasteiger charge is -2.17. The molecular weight excluding hydrogens is 270 g/mol. The molecule has 1 aromatic carbocycles. The third kappa shape index (κ3) is 2.89. The molecule has 1 aromatic heterocycles. The number of benzene rings is 1. The van der Waals surface area contributed by atoms with E-state index in [1.165, 1.54) is 6.39 Å². The van der Waals surface area contributed by atoms with Crippen LogP contribution in [-0.2, 0) is 11.2 Å². The van der Waals surface area contributed by atoms with Crippen molar-refractivity contribution in [3.8, 4) is 5.75 Å². The summed E-state index contributed by atoms with van der Waals surface area (Å²) >= 11 is 0. The first-order chi connectivity index (χ1) is 10.3. The molecule has 1 amide bonds. The fraction of sp³-hybridized carbons (Fsp3) is 0.400. The summed E-state index contributed by atoms with van der Waals surface area (Å²) in [4.78, 5) is 18.3. The van der Waals surface area contributed by atoms with Gasteiger partial charge in [-0.25, -0.2) is 0 Å². The predicted octanol–water partition coefficient (Wildman–Crippen LogP) is 1.64. The zero-order valence-electron chi connectivity index (χ0n) is 11.9.